The Morgan fingerprint density at radius 3 is 2.28 bits per heavy atom. The van der Waals surface area contributed by atoms with Crippen LogP contribution in [0.1, 0.15) is 18.4 Å². The van der Waals surface area contributed by atoms with E-state index in [9.17, 15) is 4.79 Å². The van der Waals surface area contributed by atoms with Crippen molar-refractivity contribution < 1.29 is 4.74 Å². The number of anilines is 2. The SMILES string of the molecule is Cc1ccccc1.O=c1cc(N2CCOCC2)nc(N2CCCC2)[nH]1. The molecular formula is C19H26N4O2. The van der Waals surface area contributed by atoms with Crippen molar-refractivity contribution in [3.63, 3.8) is 0 Å². The molecule has 3 heterocycles. The summed E-state index contributed by atoms with van der Waals surface area (Å²) in [4.78, 5) is 23.4. The van der Waals surface area contributed by atoms with Gasteiger partial charge in [0.2, 0.25) is 5.95 Å². The number of rotatable bonds is 2. The summed E-state index contributed by atoms with van der Waals surface area (Å²) in [5, 5.41) is 0. The van der Waals surface area contributed by atoms with E-state index in [0.29, 0.717) is 19.2 Å². The molecule has 0 unspecified atom stereocenters. The minimum atomic E-state index is -0.0756. The van der Waals surface area contributed by atoms with E-state index in [1.165, 1.54) is 18.4 Å². The number of hydrogen-bond donors (Lipinski definition) is 1. The maximum Gasteiger partial charge on any atom is 0.254 e. The molecule has 2 aromatic rings. The van der Waals surface area contributed by atoms with Gasteiger partial charge in [-0.1, -0.05) is 35.9 Å². The summed E-state index contributed by atoms with van der Waals surface area (Å²) in [5.74, 6) is 1.48. The molecule has 2 aliphatic heterocycles. The van der Waals surface area contributed by atoms with Crippen LogP contribution >= 0.6 is 0 Å². The fourth-order valence-electron chi connectivity index (χ4n) is 3.00. The molecule has 0 amide bonds. The monoisotopic (exact) mass is 342 g/mol. The summed E-state index contributed by atoms with van der Waals surface area (Å²) in [6.07, 6.45) is 2.34. The predicted molar refractivity (Wildman–Crippen MR) is 101 cm³/mol. The van der Waals surface area contributed by atoms with Crippen LogP contribution in [0.25, 0.3) is 0 Å². The van der Waals surface area contributed by atoms with Crippen molar-refractivity contribution in [3.8, 4) is 0 Å². The van der Waals surface area contributed by atoms with Crippen LogP contribution in [0, 0.1) is 6.92 Å². The molecule has 0 bridgehead atoms. The van der Waals surface area contributed by atoms with Crippen LogP contribution in [0.3, 0.4) is 0 Å². The van der Waals surface area contributed by atoms with Crippen LogP contribution in [-0.4, -0.2) is 49.4 Å². The van der Waals surface area contributed by atoms with Gasteiger partial charge >= 0.3 is 0 Å². The highest BCUT2D eigenvalue weighted by atomic mass is 16.5. The van der Waals surface area contributed by atoms with Crippen molar-refractivity contribution in [1.82, 2.24) is 9.97 Å². The van der Waals surface area contributed by atoms with Crippen molar-refractivity contribution in [3.05, 3.63) is 52.3 Å². The van der Waals surface area contributed by atoms with E-state index in [2.05, 4.69) is 38.8 Å². The lowest BCUT2D eigenvalue weighted by atomic mass is 10.2. The molecule has 1 aromatic carbocycles. The topological polar surface area (TPSA) is 61.5 Å². The molecule has 0 radical (unpaired) electrons. The molecule has 4 rings (SSSR count). The molecule has 25 heavy (non-hydrogen) atoms. The number of ether oxygens (including phenoxy) is 1. The molecule has 0 spiro atoms. The van der Waals surface area contributed by atoms with Crippen LogP contribution < -0.4 is 15.4 Å². The third-order valence-electron chi connectivity index (χ3n) is 4.40. The molecule has 2 aliphatic rings. The number of aromatic amines is 1. The first-order chi connectivity index (χ1) is 12.2. The maximum atomic E-state index is 11.7. The normalized spacial score (nSPS) is 17.2. The number of hydrogen-bond acceptors (Lipinski definition) is 5. The Balaban J connectivity index is 0.000000219. The lowest BCUT2D eigenvalue weighted by Gasteiger charge is -2.28. The minimum absolute atomic E-state index is 0.0756. The lowest BCUT2D eigenvalue weighted by molar-refractivity contribution is 0.122. The van der Waals surface area contributed by atoms with E-state index in [4.69, 9.17) is 4.74 Å². The van der Waals surface area contributed by atoms with E-state index in [1.54, 1.807) is 6.07 Å². The number of H-pyrrole nitrogens is 1. The molecule has 0 saturated carbocycles. The van der Waals surface area contributed by atoms with Gasteiger partial charge in [-0.25, -0.2) is 0 Å². The second-order valence-electron chi connectivity index (χ2n) is 6.38. The average molecular weight is 342 g/mol. The van der Waals surface area contributed by atoms with Crippen molar-refractivity contribution in [1.29, 1.82) is 0 Å². The smallest absolute Gasteiger partial charge is 0.254 e. The molecule has 0 atom stereocenters. The first kappa shape index (κ1) is 17.5. The minimum Gasteiger partial charge on any atom is -0.378 e. The van der Waals surface area contributed by atoms with Gasteiger partial charge in [-0.05, 0) is 19.8 Å². The molecule has 2 fully saturated rings. The zero-order chi connectivity index (χ0) is 17.5. The molecule has 0 aliphatic carbocycles. The van der Waals surface area contributed by atoms with Crippen molar-refractivity contribution >= 4 is 11.8 Å². The van der Waals surface area contributed by atoms with Gasteiger partial charge in [0.25, 0.3) is 5.56 Å². The first-order valence-corrected chi connectivity index (χ1v) is 8.93. The Bertz CT molecular complexity index is 705. The van der Waals surface area contributed by atoms with Gasteiger partial charge in [-0.3, -0.25) is 9.78 Å². The van der Waals surface area contributed by atoms with Gasteiger partial charge in [-0.2, -0.15) is 4.98 Å². The van der Waals surface area contributed by atoms with Gasteiger partial charge in [0, 0.05) is 32.2 Å². The fourth-order valence-corrected chi connectivity index (χ4v) is 3.00. The summed E-state index contributed by atoms with van der Waals surface area (Å²) < 4.78 is 5.32. The van der Waals surface area contributed by atoms with Crippen LogP contribution in [0.5, 0.6) is 0 Å². The second kappa shape index (κ2) is 8.67. The number of benzene rings is 1. The summed E-state index contributed by atoms with van der Waals surface area (Å²) in [6, 6.07) is 11.8. The Hall–Kier alpha value is -2.34. The van der Waals surface area contributed by atoms with Crippen molar-refractivity contribution in [2.24, 2.45) is 0 Å². The quantitative estimate of drug-likeness (QED) is 0.907. The van der Waals surface area contributed by atoms with E-state index in [0.717, 1.165) is 32.0 Å². The van der Waals surface area contributed by atoms with E-state index in [-0.39, 0.29) is 5.56 Å². The Labute approximate surface area is 148 Å². The molecular weight excluding hydrogens is 316 g/mol. The molecule has 6 nitrogen and oxygen atoms in total. The maximum absolute atomic E-state index is 11.7. The van der Waals surface area contributed by atoms with Gasteiger partial charge in [0.05, 0.1) is 13.2 Å². The average Bonchev–Trinajstić information content (AvgIpc) is 3.18. The first-order valence-electron chi connectivity index (χ1n) is 8.93. The summed E-state index contributed by atoms with van der Waals surface area (Å²) in [7, 11) is 0. The zero-order valence-corrected chi connectivity index (χ0v) is 14.8. The third kappa shape index (κ3) is 5.06. The zero-order valence-electron chi connectivity index (χ0n) is 14.8. The number of aromatic nitrogens is 2. The largest absolute Gasteiger partial charge is 0.378 e. The Kier molecular flexibility index (Phi) is 6.06. The van der Waals surface area contributed by atoms with Crippen LogP contribution in [0.15, 0.2) is 41.2 Å². The highest BCUT2D eigenvalue weighted by molar-refractivity contribution is 5.44. The number of nitrogens with one attached hydrogen (secondary N) is 1. The number of morpholine rings is 1. The Morgan fingerprint density at radius 1 is 1.00 bits per heavy atom. The van der Waals surface area contributed by atoms with Gasteiger partial charge in [0.15, 0.2) is 0 Å². The molecule has 134 valence electrons. The predicted octanol–water partition coefficient (Wildman–Crippen LogP) is 2.20. The molecule has 2 saturated heterocycles. The van der Waals surface area contributed by atoms with Gasteiger partial charge < -0.3 is 14.5 Å². The van der Waals surface area contributed by atoms with Gasteiger partial charge in [0.1, 0.15) is 5.82 Å². The van der Waals surface area contributed by atoms with Crippen molar-refractivity contribution in [2.45, 2.75) is 19.8 Å². The third-order valence-corrected chi connectivity index (χ3v) is 4.40. The summed E-state index contributed by atoms with van der Waals surface area (Å²) >= 11 is 0. The van der Waals surface area contributed by atoms with Crippen LogP contribution in [0.2, 0.25) is 0 Å². The highest BCUT2D eigenvalue weighted by Crippen LogP contribution is 2.18. The Morgan fingerprint density at radius 2 is 1.68 bits per heavy atom. The van der Waals surface area contributed by atoms with E-state index >= 15 is 0 Å². The fraction of sp³-hybridized carbons (Fsp3) is 0.474. The van der Waals surface area contributed by atoms with Crippen LogP contribution in [0.4, 0.5) is 11.8 Å². The summed E-state index contributed by atoms with van der Waals surface area (Å²) in [5.41, 5.74) is 1.25. The highest BCUT2D eigenvalue weighted by Gasteiger charge is 2.18. The standard InChI is InChI=1S/C12H18N4O2.C7H8/c17-11-9-10(15-5-7-18-8-6-15)13-12(14-11)16-3-1-2-4-16;1-7-5-3-2-4-6-7/h9H,1-8H2,(H,13,14,17);2-6H,1H3. The molecule has 6 heteroatoms. The summed E-state index contributed by atoms with van der Waals surface area (Å²) in [6.45, 7) is 7.05. The number of aryl methyl sites for hydroxylation is 1. The van der Waals surface area contributed by atoms with Gasteiger partial charge in [-0.15, -0.1) is 0 Å². The molecule has 1 aromatic heterocycles. The van der Waals surface area contributed by atoms with Crippen molar-refractivity contribution in [2.75, 3.05) is 49.2 Å². The number of nitrogens with zero attached hydrogens (tertiary/aromatic N) is 3. The van der Waals surface area contributed by atoms with E-state index in [1.807, 2.05) is 18.2 Å². The molecule has 1 N–H and O–H groups in total. The van der Waals surface area contributed by atoms with Crippen LogP contribution in [-0.2, 0) is 4.74 Å². The second-order valence-corrected chi connectivity index (χ2v) is 6.38. The lowest BCUT2D eigenvalue weighted by Crippen LogP contribution is -2.38. The van der Waals surface area contributed by atoms with E-state index < -0.39 is 0 Å².